The van der Waals surface area contributed by atoms with Crippen molar-refractivity contribution in [2.75, 3.05) is 5.73 Å². The molecule has 0 bridgehead atoms. The average molecular weight is 201 g/mol. The zero-order valence-electron chi connectivity index (χ0n) is 8.10. The molecule has 1 aromatic carbocycles. The summed E-state index contributed by atoms with van der Waals surface area (Å²) in [5, 5.41) is 6.47. The third-order valence-electron chi connectivity index (χ3n) is 2.12. The summed E-state index contributed by atoms with van der Waals surface area (Å²) in [7, 11) is 0. The Bertz CT molecular complexity index is 505. The van der Waals surface area contributed by atoms with Crippen LogP contribution in [0.3, 0.4) is 0 Å². The Morgan fingerprint density at radius 2 is 2.00 bits per heavy atom. The van der Waals surface area contributed by atoms with Gasteiger partial charge in [-0.1, -0.05) is 30.3 Å². The van der Waals surface area contributed by atoms with Gasteiger partial charge in [0.15, 0.2) is 5.82 Å². The van der Waals surface area contributed by atoms with Gasteiger partial charge in [0.2, 0.25) is 5.43 Å². The van der Waals surface area contributed by atoms with Crippen LogP contribution in [0.25, 0.3) is 0 Å². The molecule has 0 aliphatic carbocycles. The largest absolute Gasteiger partial charge is 0.379 e. The predicted molar refractivity (Wildman–Crippen MR) is 58.5 cm³/mol. The van der Waals surface area contributed by atoms with Crippen LogP contribution in [-0.2, 0) is 6.42 Å². The highest BCUT2D eigenvalue weighted by Gasteiger charge is 2.00. The van der Waals surface area contributed by atoms with Crippen LogP contribution in [0, 0.1) is 0 Å². The quantitative estimate of drug-likeness (QED) is 0.759. The Labute approximate surface area is 86.8 Å². The highest BCUT2D eigenvalue weighted by Crippen LogP contribution is 2.04. The number of hydrogen-bond acceptors (Lipinski definition) is 3. The first-order chi connectivity index (χ1) is 7.25. The molecule has 0 unspecified atom stereocenters. The minimum absolute atomic E-state index is 0.00631. The number of nitrogens with two attached hydrogens (primary N) is 1. The van der Waals surface area contributed by atoms with Gasteiger partial charge in [-0.05, 0) is 5.56 Å². The molecule has 0 saturated carbocycles. The predicted octanol–water partition coefficient (Wildman–Crippen LogP) is 0.943. The summed E-state index contributed by atoms with van der Waals surface area (Å²) in [6, 6.07) is 11.3. The maximum Gasteiger partial charge on any atom is 0.224 e. The topological polar surface area (TPSA) is 71.8 Å². The summed E-state index contributed by atoms with van der Waals surface area (Å²) in [5.41, 5.74) is 6.98. The fraction of sp³-hybridized carbons (Fsp3) is 0.0909. The van der Waals surface area contributed by atoms with E-state index >= 15 is 0 Å². The van der Waals surface area contributed by atoms with E-state index in [9.17, 15) is 4.79 Å². The van der Waals surface area contributed by atoms with E-state index in [0.717, 1.165) is 11.3 Å². The lowest BCUT2D eigenvalue weighted by Gasteiger charge is -2.01. The van der Waals surface area contributed by atoms with Crippen molar-refractivity contribution in [1.29, 1.82) is 0 Å². The van der Waals surface area contributed by atoms with Gasteiger partial charge in [0.1, 0.15) is 0 Å². The molecular formula is C11H11N3O. The second kappa shape index (κ2) is 3.96. The number of nitrogens with zero attached hydrogens (tertiary/aromatic N) is 1. The molecule has 1 aromatic heterocycles. The maximum absolute atomic E-state index is 11.2. The number of anilines is 1. The summed E-state index contributed by atoms with van der Waals surface area (Å²) in [6.07, 6.45) is 0.656. The van der Waals surface area contributed by atoms with Crippen molar-refractivity contribution in [3.63, 3.8) is 0 Å². The summed E-state index contributed by atoms with van der Waals surface area (Å²) in [6.45, 7) is 0. The highest BCUT2D eigenvalue weighted by molar-refractivity contribution is 5.28. The molecule has 2 rings (SSSR count). The van der Waals surface area contributed by atoms with E-state index in [1.165, 1.54) is 6.07 Å². The van der Waals surface area contributed by atoms with Gasteiger partial charge in [0.25, 0.3) is 0 Å². The molecule has 0 saturated heterocycles. The minimum Gasteiger partial charge on any atom is -0.379 e. The Hall–Kier alpha value is -2.10. The summed E-state index contributed by atoms with van der Waals surface area (Å²) in [4.78, 5) is 11.2. The minimum atomic E-state index is -0.236. The Morgan fingerprint density at radius 1 is 1.27 bits per heavy atom. The second-order valence-electron chi connectivity index (χ2n) is 3.31. The Balaban J connectivity index is 2.26. The zero-order valence-corrected chi connectivity index (χ0v) is 8.10. The molecule has 4 nitrogen and oxygen atoms in total. The number of aromatic nitrogens is 2. The monoisotopic (exact) mass is 201 g/mol. The van der Waals surface area contributed by atoms with E-state index in [0.29, 0.717) is 6.42 Å². The van der Waals surface area contributed by atoms with E-state index < -0.39 is 0 Å². The fourth-order valence-corrected chi connectivity index (χ4v) is 1.36. The number of aromatic amines is 1. The standard InChI is InChI=1S/C11H11N3O/c12-11-10(15)7-9(13-14-11)6-8-4-2-1-3-5-8/h1-5,7H,6H2,(H2,12,14)(H,13,15). The lowest BCUT2D eigenvalue weighted by atomic mass is 10.1. The Kier molecular flexibility index (Phi) is 2.49. The molecule has 1 heterocycles. The molecule has 0 amide bonds. The smallest absolute Gasteiger partial charge is 0.224 e. The van der Waals surface area contributed by atoms with Gasteiger partial charge in [-0.2, -0.15) is 5.10 Å². The summed E-state index contributed by atoms with van der Waals surface area (Å²) in [5.74, 6) is 0.00631. The number of H-pyrrole nitrogens is 1. The van der Waals surface area contributed by atoms with Crippen LogP contribution in [0.4, 0.5) is 5.82 Å². The van der Waals surface area contributed by atoms with Crippen molar-refractivity contribution in [1.82, 2.24) is 10.2 Å². The molecule has 0 aliphatic rings. The third kappa shape index (κ3) is 2.22. The lowest BCUT2D eigenvalue weighted by molar-refractivity contribution is 0.936. The van der Waals surface area contributed by atoms with E-state index in [2.05, 4.69) is 10.2 Å². The van der Waals surface area contributed by atoms with Crippen molar-refractivity contribution in [3.05, 3.63) is 57.9 Å². The van der Waals surface area contributed by atoms with E-state index in [4.69, 9.17) is 5.73 Å². The van der Waals surface area contributed by atoms with Crippen LogP contribution in [0.15, 0.2) is 41.2 Å². The van der Waals surface area contributed by atoms with Crippen molar-refractivity contribution in [3.8, 4) is 0 Å². The molecule has 0 aliphatic heterocycles. The van der Waals surface area contributed by atoms with Crippen LogP contribution in [0.2, 0.25) is 0 Å². The SMILES string of the molecule is Nc1n[nH]c(Cc2ccccc2)cc1=O. The molecule has 0 atom stereocenters. The lowest BCUT2D eigenvalue weighted by Crippen LogP contribution is -2.12. The molecule has 0 spiro atoms. The maximum atomic E-state index is 11.2. The van der Waals surface area contributed by atoms with Crippen molar-refractivity contribution in [2.45, 2.75) is 6.42 Å². The number of hydrogen-bond donors (Lipinski definition) is 2. The van der Waals surface area contributed by atoms with Crippen molar-refractivity contribution < 1.29 is 0 Å². The van der Waals surface area contributed by atoms with Crippen LogP contribution in [0.5, 0.6) is 0 Å². The van der Waals surface area contributed by atoms with E-state index in [-0.39, 0.29) is 11.2 Å². The zero-order chi connectivity index (χ0) is 10.7. The number of nitrogens with one attached hydrogen (secondary N) is 1. The number of benzene rings is 1. The molecule has 76 valence electrons. The Morgan fingerprint density at radius 3 is 2.67 bits per heavy atom. The van der Waals surface area contributed by atoms with Gasteiger partial charge in [-0.3, -0.25) is 9.89 Å². The van der Waals surface area contributed by atoms with Gasteiger partial charge in [-0.25, -0.2) is 0 Å². The summed E-state index contributed by atoms with van der Waals surface area (Å²) >= 11 is 0. The van der Waals surface area contributed by atoms with Gasteiger partial charge >= 0.3 is 0 Å². The second-order valence-corrected chi connectivity index (χ2v) is 3.31. The van der Waals surface area contributed by atoms with Gasteiger partial charge in [-0.15, -0.1) is 0 Å². The van der Waals surface area contributed by atoms with Gasteiger partial charge < -0.3 is 5.73 Å². The first-order valence-corrected chi connectivity index (χ1v) is 4.64. The van der Waals surface area contributed by atoms with Crippen LogP contribution in [0.1, 0.15) is 11.3 Å². The molecule has 4 heteroatoms. The number of rotatable bonds is 2. The van der Waals surface area contributed by atoms with Crippen molar-refractivity contribution >= 4 is 5.82 Å². The van der Waals surface area contributed by atoms with Crippen LogP contribution >= 0.6 is 0 Å². The molecule has 0 radical (unpaired) electrons. The normalized spacial score (nSPS) is 10.1. The van der Waals surface area contributed by atoms with Gasteiger partial charge in [0.05, 0.1) is 0 Å². The highest BCUT2D eigenvalue weighted by atomic mass is 16.1. The summed E-state index contributed by atoms with van der Waals surface area (Å²) < 4.78 is 0. The third-order valence-corrected chi connectivity index (χ3v) is 2.12. The first-order valence-electron chi connectivity index (χ1n) is 4.64. The van der Waals surface area contributed by atoms with E-state index in [1.807, 2.05) is 30.3 Å². The van der Waals surface area contributed by atoms with E-state index in [1.54, 1.807) is 0 Å². The van der Waals surface area contributed by atoms with Crippen LogP contribution in [-0.4, -0.2) is 10.2 Å². The fourth-order valence-electron chi connectivity index (χ4n) is 1.36. The number of nitrogen functional groups attached to an aromatic ring is 1. The molecule has 0 fully saturated rings. The van der Waals surface area contributed by atoms with Crippen LogP contribution < -0.4 is 11.2 Å². The molecule has 15 heavy (non-hydrogen) atoms. The van der Waals surface area contributed by atoms with Gasteiger partial charge in [0, 0.05) is 18.2 Å². The van der Waals surface area contributed by atoms with Crippen molar-refractivity contribution in [2.24, 2.45) is 0 Å². The first kappa shape index (κ1) is 9.45. The molecular weight excluding hydrogens is 190 g/mol. The molecule has 3 N–H and O–H groups in total. The average Bonchev–Trinajstić information content (AvgIpc) is 2.25. The molecule has 2 aromatic rings.